The van der Waals surface area contributed by atoms with Gasteiger partial charge in [0.05, 0.1) is 0 Å². The summed E-state index contributed by atoms with van der Waals surface area (Å²) in [4.78, 5) is 21.2. The quantitative estimate of drug-likeness (QED) is 0.520. The first-order valence-corrected chi connectivity index (χ1v) is 4.50. The van der Waals surface area contributed by atoms with Crippen molar-refractivity contribution >= 4 is 11.9 Å². The van der Waals surface area contributed by atoms with Crippen molar-refractivity contribution in [2.45, 2.75) is 18.9 Å². The van der Waals surface area contributed by atoms with Gasteiger partial charge in [-0.15, -0.1) is 0 Å². The fourth-order valence-electron chi connectivity index (χ4n) is 1.30. The van der Waals surface area contributed by atoms with E-state index in [0.29, 0.717) is 13.0 Å². The van der Waals surface area contributed by atoms with E-state index in [-0.39, 0.29) is 24.1 Å². The number of carboxylic acid groups (broad SMARTS) is 1. The molecule has 0 bridgehead atoms. The van der Waals surface area contributed by atoms with Crippen LogP contribution >= 0.6 is 0 Å². The summed E-state index contributed by atoms with van der Waals surface area (Å²) < 4.78 is 0. The number of nitrogens with one attached hydrogen (secondary N) is 2. The molecule has 0 aromatic heterocycles. The van der Waals surface area contributed by atoms with Gasteiger partial charge in [-0.1, -0.05) is 6.58 Å². The molecule has 0 radical (unpaired) electrons. The molecule has 0 aliphatic carbocycles. The zero-order valence-corrected chi connectivity index (χ0v) is 7.88. The SMILES string of the molecule is C=C(CNCC1CCC(=O)N1)C(=O)O. The van der Waals surface area contributed by atoms with E-state index in [2.05, 4.69) is 17.2 Å². The second-order valence-corrected chi connectivity index (χ2v) is 3.34. The van der Waals surface area contributed by atoms with E-state index in [0.717, 1.165) is 6.42 Å². The molecule has 0 aromatic carbocycles. The van der Waals surface area contributed by atoms with Gasteiger partial charge < -0.3 is 15.7 Å². The molecule has 5 nitrogen and oxygen atoms in total. The molecule has 3 N–H and O–H groups in total. The first-order valence-electron chi connectivity index (χ1n) is 4.50. The van der Waals surface area contributed by atoms with Gasteiger partial charge in [-0.2, -0.15) is 0 Å². The average Bonchev–Trinajstić information content (AvgIpc) is 2.51. The molecule has 1 aliphatic rings. The van der Waals surface area contributed by atoms with Crippen molar-refractivity contribution in [3.8, 4) is 0 Å². The molecule has 5 heteroatoms. The Hall–Kier alpha value is -1.36. The summed E-state index contributed by atoms with van der Waals surface area (Å²) >= 11 is 0. The average molecular weight is 198 g/mol. The highest BCUT2D eigenvalue weighted by atomic mass is 16.4. The van der Waals surface area contributed by atoms with Gasteiger partial charge in [-0.3, -0.25) is 4.79 Å². The zero-order valence-electron chi connectivity index (χ0n) is 7.88. The molecular formula is C9H14N2O3. The lowest BCUT2D eigenvalue weighted by atomic mass is 10.2. The van der Waals surface area contributed by atoms with Gasteiger partial charge in [0.15, 0.2) is 0 Å². The lowest BCUT2D eigenvalue weighted by molar-refractivity contribution is -0.132. The lowest BCUT2D eigenvalue weighted by Gasteiger charge is -2.10. The van der Waals surface area contributed by atoms with Crippen LogP contribution in [0.15, 0.2) is 12.2 Å². The zero-order chi connectivity index (χ0) is 10.6. The predicted molar refractivity (Wildman–Crippen MR) is 50.8 cm³/mol. The highest BCUT2D eigenvalue weighted by Gasteiger charge is 2.19. The maximum absolute atomic E-state index is 10.8. The molecule has 1 atom stereocenters. The summed E-state index contributed by atoms with van der Waals surface area (Å²) in [5, 5.41) is 14.2. The van der Waals surface area contributed by atoms with Crippen LogP contribution in [0.25, 0.3) is 0 Å². The van der Waals surface area contributed by atoms with Crippen LogP contribution in [0.5, 0.6) is 0 Å². The summed E-state index contributed by atoms with van der Waals surface area (Å²) in [5.74, 6) is -0.929. The van der Waals surface area contributed by atoms with E-state index in [4.69, 9.17) is 5.11 Å². The normalized spacial score (nSPS) is 20.6. The summed E-state index contributed by atoms with van der Waals surface area (Å²) in [6.45, 7) is 4.23. The minimum absolute atomic E-state index is 0.0638. The van der Waals surface area contributed by atoms with Crippen molar-refractivity contribution in [3.05, 3.63) is 12.2 Å². The van der Waals surface area contributed by atoms with Crippen LogP contribution < -0.4 is 10.6 Å². The Balaban J connectivity index is 2.13. The van der Waals surface area contributed by atoms with E-state index < -0.39 is 5.97 Å². The van der Waals surface area contributed by atoms with Crippen LogP contribution in [0.3, 0.4) is 0 Å². The number of hydrogen-bond acceptors (Lipinski definition) is 3. The second kappa shape index (κ2) is 4.76. The standard InChI is InChI=1S/C9H14N2O3/c1-6(9(13)14)4-10-5-7-2-3-8(12)11-7/h7,10H,1-5H2,(H,11,12)(H,13,14). The Morgan fingerprint density at radius 2 is 2.43 bits per heavy atom. The minimum atomic E-state index is -0.993. The maximum atomic E-state index is 10.8. The maximum Gasteiger partial charge on any atom is 0.332 e. The van der Waals surface area contributed by atoms with Gasteiger partial charge in [-0.25, -0.2) is 4.79 Å². The molecule has 78 valence electrons. The number of hydrogen-bond donors (Lipinski definition) is 3. The van der Waals surface area contributed by atoms with Crippen molar-refractivity contribution in [1.29, 1.82) is 0 Å². The highest BCUT2D eigenvalue weighted by molar-refractivity contribution is 5.86. The Morgan fingerprint density at radius 3 is 2.93 bits per heavy atom. The fourth-order valence-corrected chi connectivity index (χ4v) is 1.30. The first kappa shape index (κ1) is 10.7. The van der Waals surface area contributed by atoms with Crippen LogP contribution in [0.2, 0.25) is 0 Å². The van der Waals surface area contributed by atoms with Crippen LogP contribution in [-0.2, 0) is 9.59 Å². The molecule has 1 unspecified atom stereocenters. The van der Waals surface area contributed by atoms with Crippen molar-refractivity contribution in [2.75, 3.05) is 13.1 Å². The van der Waals surface area contributed by atoms with Gasteiger partial charge in [0, 0.05) is 31.1 Å². The Labute approximate surface area is 82.2 Å². The summed E-state index contributed by atoms with van der Waals surface area (Å²) in [6, 6.07) is 0.129. The van der Waals surface area contributed by atoms with Crippen molar-refractivity contribution in [3.63, 3.8) is 0 Å². The Bertz CT molecular complexity index is 263. The fraction of sp³-hybridized carbons (Fsp3) is 0.556. The van der Waals surface area contributed by atoms with E-state index >= 15 is 0 Å². The van der Waals surface area contributed by atoms with Crippen LogP contribution in [0, 0.1) is 0 Å². The third kappa shape index (κ3) is 3.18. The smallest absolute Gasteiger partial charge is 0.332 e. The molecule has 1 amide bonds. The third-order valence-electron chi connectivity index (χ3n) is 2.12. The first-order chi connectivity index (χ1) is 6.59. The number of aliphatic carboxylic acids is 1. The number of carbonyl (C=O) groups is 2. The molecule has 1 rings (SSSR count). The van der Waals surface area contributed by atoms with E-state index in [1.165, 1.54) is 0 Å². The summed E-state index contributed by atoms with van der Waals surface area (Å²) in [6.07, 6.45) is 1.37. The van der Waals surface area contributed by atoms with Crippen molar-refractivity contribution in [2.24, 2.45) is 0 Å². The number of amides is 1. The van der Waals surface area contributed by atoms with E-state index in [1.807, 2.05) is 0 Å². The molecule has 1 heterocycles. The molecule has 0 saturated carbocycles. The Kier molecular flexibility index (Phi) is 3.64. The third-order valence-corrected chi connectivity index (χ3v) is 2.12. The van der Waals surface area contributed by atoms with Gasteiger partial charge >= 0.3 is 5.97 Å². The van der Waals surface area contributed by atoms with Crippen LogP contribution in [0.1, 0.15) is 12.8 Å². The molecule has 0 aromatic rings. The summed E-state index contributed by atoms with van der Waals surface area (Å²) in [5.41, 5.74) is 0.134. The lowest BCUT2D eigenvalue weighted by Crippen LogP contribution is -2.36. The Morgan fingerprint density at radius 1 is 1.71 bits per heavy atom. The molecule has 1 saturated heterocycles. The van der Waals surface area contributed by atoms with E-state index in [9.17, 15) is 9.59 Å². The molecule has 0 spiro atoms. The van der Waals surface area contributed by atoms with Crippen molar-refractivity contribution < 1.29 is 14.7 Å². The topological polar surface area (TPSA) is 78.4 Å². The second-order valence-electron chi connectivity index (χ2n) is 3.34. The molecule has 1 fully saturated rings. The summed E-state index contributed by atoms with van der Waals surface area (Å²) in [7, 11) is 0. The largest absolute Gasteiger partial charge is 0.478 e. The van der Waals surface area contributed by atoms with Crippen molar-refractivity contribution in [1.82, 2.24) is 10.6 Å². The van der Waals surface area contributed by atoms with Crippen LogP contribution in [0.4, 0.5) is 0 Å². The van der Waals surface area contributed by atoms with Gasteiger partial charge in [0.1, 0.15) is 0 Å². The molecule has 1 aliphatic heterocycles. The highest BCUT2D eigenvalue weighted by Crippen LogP contribution is 2.04. The molecule has 14 heavy (non-hydrogen) atoms. The van der Waals surface area contributed by atoms with Crippen LogP contribution in [-0.4, -0.2) is 36.1 Å². The predicted octanol–water partition coefficient (Wildman–Crippen LogP) is -0.505. The monoisotopic (exact) mass is 198 g/mol. The van der Waals surface area contributed by atoms with Gasteiger partial charge in [0.2, 0.25) is 5.91 Å². The molecular weight excluding hydrogens is 184 g/mol. The van der Waals surface area contributed by atoms with E-state index in [1.54, 1.807) is 0 Å². The number of rotatable bonds is 5. The number of carbonyl (C=O) groups excluding carboxylic acids is 1. The van der Waals surface area contributed by atoms with Gasteiger partial charge in [0.25, 0.3) is 0 Å². The number of carboxylic acids is 1. The van der Waals surface area contributed by atoms with Gasteiger partial charge in [-0.05, 0) is 6.42 Å². The minimum Gasteiger partial charge on any atom is -0.478 e.